The highest BCUT2D eigenvalue weighted by Crippen LogP contribution is 2.55. The smallest absolute Gasteiger partial charge is 0.303 e. The Bertz CT molecular complexity index is 240. The Morgan fingerprint density at radius 3 is 2.46 bits per heavy atom. The summed E-state index contributed by atoms with van der Waals surface area (Å²) < 4.78 is 0. The van der Waals surface area contributed by atoms with Crippen molar-refractivity contribution in [3.05, 3.63) is 12.2 Å². The maximum Gasteiger partial charge on any atom is 0.303 e. The molecule has 1 fully saturated rings. The van der Waals surface area contributed by atoms with Gasteiger partial charge in [0.25, 0.3) is 0 Å². The van der Waals surface area contributed by atoms with Gasteiger partial charge in [-0.1, -0.05) is 26.0 Å². The van der Waals surface area contributed by atoms with Crippen molar-refractivity contribution in [1.29, 1.82) is 0 Å². The Balaban J connectivity index is 2.59. The van der Waals surface area contributed by atoms with Crippen molar-refractivity contribution in [2.45, 2.75) is 33.6 Å². The molecular weight excluding hydrogens is 164 g/mol. The van der Waals surface area contributed by atoms with E-state index in [2.05, 4.69) is 20.4 Å². The van der Waals surface area contributed by atoms with E-state index in [1.807, 2.05) is 6.92 Å². The molecule has 2 atom stereocenters. The Labute approximate surface area is 79.6 Å². The van der Waals surface area contributed by atoms with E-state index in [4.69, 9.17) is 5.11 Å². The molecule has 2 unspecified atom stereocenters. The van der Waals surface area contributed by atoms with Crippen molar-refractivity contribution in [2.75, 3.05) is 0 Å². The Morgan fingerprint density at radius 2 is 2.15 bits per heavy atom. The van der Waals surface area contributed by atoms with Gasteiger partial charge in [0.1, 0.15) is 0 Å². The monoisotopic (exact) mass is 182 g/mol. The molecule has 13 heavy (non-hydrogen) atoms. The minimum Gasteiger partial charge on any atom is -0.481 e. The van der Waals surface area contributed by atoms with Crippen LogP contribution in [0.3, 0.4) is 0 Å². The number of carboxylic acids is 1. The fourth-order valence-corrected chi connectivity index (χ4v) is 2.41. The predicted molar refractivity (Wildman–Crippen MR) is 52.4 cm³/mol. The van der Waals surface area contributed by atoms with Gasteiger partial charge < -0.3 is 5.11 Å². The van der Waals surface area contributed by atoms with Gasteiger partial charge in [-0.05, 0) is 30.6 Å². The lowest BCUT2D eigenvalue weighted by molar-refractivity contribution is -0.142. The van der Waals surface area contributed by atoms with Crippen LogP contribution in [-0.2, 0) is 4.79 Å². The van der Waals surface area contributed by atoms with Crippen molar-refractivity contribution in [2.24, 2.45) is 17.3 Å². The van der Waals surface area contributed by atoms with Gasteiger partial charge in [0.2, 0.25) is 0 Å². The highest BCUT2D eigenvalue weighted by Gasteiger charge is 2.48. The first kappa shape index (κ1) is 10.3. The molecule has 1 N–H and O–H groups in total. The number of carbonyl (C=O) groups is 1. The summed E-state index contributed by atoms with van der Waals surface area (Å²) >= 11 is 0. The van der Waals surface area contributed by atoms with Crippen LogP contribution in [0.15, 0.2) is 12.2 Å². The van der Waals surface area contributed by atoms with E-state index in [0.29, 0.717) is 18.3 Å². The van der Waals surface area contributed by atoms with E-state index in [9.17, 15) is 4.79 Å². The minimum absolute atomic E-state index is 0.129. The van der Waals surface area contributed by atoms with E-state index < -0.39 is 5.97 Å². The third-order valence-electron chi connectivity index (χ3n) is 3.49. The van der Waals surface area contributed by atoms with Gasteiger partial charge in [0.15, 0.2) is 0 Å². The normalized spacial score (nSPS) is 30.7. The van der Waals surface area contributed by atoms with Crippen LogP contribution >= 0.6 is 0 Å². The fraction of sp³-hybridized carbons (Fsp3) is 0.727. The third-order valence-corrected chi connectivity index (χ3v) is 3.49. The maximum atomic E-state index is 10.5. The average molecular weight is 182 g/mol. The summed E-state index contributed by atoms with van der Waals surface area (Å²) in [5.74, 6) is 0.154. The predicted octanol–water partition coefficient (Wildman–Crippen LogP) is 2.70. The number of hydrogen-bond acceptors (Lipinski definition) is 1. The Morgan fingerprint density at radius 1 is 1.62 bits per heavy atom. The summed E-state index contributed by atoms with van der Waals surface area (Å²) in [6.45, 7) is 10.3. The number of carboxylic acid groups (broad SMARTS) is 1. The zero-order valence-electron chi connectivity index (χ0n) is 8.63. The molecule has 0 bridgehead atoms. The van der Waals surface area contributed by atoms with Crippen LogP contribution in [-0.4, -0.2) is 11.1 Å². The molecule has 1 saturated carbocycles. The van der Waals surface area contributed by atoms with Gasteiger partial charge in [0, 0.05) is 6.42 Å². The molecule has 0 radical (unpaired) electrons. The van der Waals surface area contributed by atoms with Crippen LogP contribution in [0.5, 0.6) is 0 Å². The summed E-state index contributed by atoms with van der Waals surface area (Å²) in [5.41, 5.74) is 1.32. The van der Waals surface area contributed by atoms with Crippen molar-refractivity contribution in [3.8, 4) is 0 Å². The molecule has 0 aromatic heterocycles. The number of rotatable bonds is 3. The number of hydrogen-bond donors (Lipinski definition) is 1. The van der Waals surface area contributed by atoms with Gasteiger partial charge in [0.05, 0.1) is 0 Å². The quantitative estimate of drug-likeness (QED) is 0.681. The van der Waals surface area contributed by atoms with Gasteiger partial charge in [-0.2, -0.15) is 0 Å². The van der Waals surface area contributed by atoms with Gasteiger partial charge in [-0.25, -0.2) is 0 Å². The Kier molecular flexibility index (Phi) is 2.51. The molecule has 2 nitrogen and oxygen atoms in total. The van der Waals surface area contributed by atoms with E-state index in [0.717, 1.165) is 6.42 Å². The highest BCUT2D eigenvalue weighted by molar-refractivity contribution is 5.67. The largest absolute Gasteiger partial charge is 0.481 e. The first-order valence-electron chi connectivity index (χ1n) is 4.73. The lowest BCUT2D eigenvalue weighted by Crippen LogP contribution is -2.46. The topological polar surface area (TPSA) is 37.3 Å². The van der Waals surface area contributed by atoms with Gasteiger partial charge in [-0.15, -0.1) is 0 Å². The van der Waals surface area contributed by atoms with E-state index >= 15 is 0 Å². The molecule has 2 heteroatoms. The highest BCUT2D eigenvalue weighted by atomic mass is 16.4. The molecule has 0 spiro atoms. The first-order chi connectivity index (χ1) is 5.85. The number of allylic oxidation sites excluding steroid dienone is 1. The van der Waals surface area contributed by atoms with Crippen LogP contribution < -0.4 is 0 Å². The van der Waals surface area contributed by atoms with E-state index in [-0.39, 0.29) is 5.41 Å². The van der Waals surface area contributed by atoms with Crippen molar-refractivity contribution in [3.63, 3.8) is 0 Å². The lowest BCUT2D eigenvalue weighted by Gasteiger charge is -2.52. The summed E-state index contributed by atoms with van der Waals surface area (Å²) in [7, 11) is 0. The molecule has 0 aromatic rings. The molecule has 0 saturated heterocycles. The first-order valence-corrected chi connectivity index (χ1v) is 4.73. The Hall–Kier alpha value is -0.790. The van der Waals surface area contributed by atoms with Crippen molar-refractivity contribution < 1.29 is 9.90 Å². The molecule has 0 heterocycles. The molecular formula is C11H18O2. The molecule has 0 aliphatic heterocycles. The van der Waals surface area contributed by atoms with E-state index in [1.54, 1.807) is 0 Å². The second-order valence-electron chi connectivity index (χ2n) is 4.75. The van der Waals surface area contributed by atoms with Crippen LogP contribution in [0.2, 0.25) is 0 Å². The molecule has 0 aromatic carbocycles. The van der Waals surface area contributed by atoms with Crippen molar-refractivity contribution >= 4 is 5.97 Å². The zero-order chi connectivity index (χ0) is 10.2. The maximum absolute atomic E-state index is 10.5. The van der Waals surface area contributed by atoms with Crippen LogP contribution in [0.1, 0.15) is 33.6 Å². The van der Waals surface area contributed by atoms with Crippen LogP contribution in [0.4, 0.5) is 0 Å². The summed E-state index contributed by atoms with van der Waals surface area (Å²) in [6, 6.07) is 0. The molecule has 74 valence electrons. The van der Waals surface area contributed by atoms with Gasteiger partial charge in [-0.3, -0.25) is 4.79 Å². The third kappa shape index (κ3) is 1.77. The summed E-state index contributed by atoms with van der Waals surface area (Å²) in [6.07, 6.45) is 1.30. The summed E-state index contributed by atoms with van der Waals surface area (Å²) in [4.78, 5) is 10.5. The van der Waals surface area contributed by atoms with Crippen LogP contribution in [0, 0.1) is 17.3 Å². The second-order valence-corrected chi connectivity index (χ2v) is 4.75. The molecule has 1 aliphatic rings. The van der Waals surface area contributed by atoms with Gasteiger partial charge >= 0.3 is 5.97 Å². The van der Waals surface area contributed by atoms with Crippen molar-refractivity contribution in [1.82, 2.24) is 0 Å². The second kappa shape index (κ2) is 3.17. The fourth-order valence-electron chi connectivity index (χ4n) is 2.41. The molecule has 1 aliphatic carbocycles. The standard InChI is InChI=1S/C11H18O2/c1-7(2)9-5-8(6-10(12)13)11(9,3)4/h8-9H,1,5-6H2,2-4H3,(H,12,13). The average Bonchev–Trinajstić information content (AvgIpc) is 1.96. The molecule has 0 amide bonds. The molecule has 1 rings (SSSR count). The number of aliphatic carboxylic acids is 1. The lowest BCUT2D eigenvalue weighted by atomic mass is 9.52. The zero-order valence-corrected chi connectivity index (χ0v) is 8.63. The van der Waals surface area contributed by atoms with Crippen LogP contribution in [0.25, 0.3) is 0 Å². The van der Waals surface area contributed by atoms with E-state index in [1.165, 1.54) is 5.57 Å². The summed E-state index contributed by atoms with van der Waals surface area (Å²) in [5, 5.41) is 8.68. The SMILES string of the molecule is C=C(C)C1CC(CC(=O)O)C1(C)C. The minimum atomic E-state index is -0.682.